The topological polar surface area (TPSA) is 56.5 Å². The van der Waals surface area contributed by atoms with E-state index in [9.17, 15) is 0 Å². The van der Waals surface area contributed by atoms with Crippen LogP contribution in [0.5, 0.6) is 0 Å². The summed E-state index contributed by atoms with van der Waals surface area (Å²) in [6.07, 6.45) is 1.90. The third kappa shape index (κ3) is 4.10. The number of aromatic nitrogens is 5. The standard InChI is InChI=1S/C42H25N5S/c1-3-13-26(14-4-1)40-44-41(27-15-5-2-6-16-27)46-42(45-40)28-17-11-18-29(25-28)47-33-22-10-9-21-32(33)35-30-19-7-8-20-31(30)36-37-34(23-12-24-43-37)48-39(36)38(35)47/h1-25H. The molecule has 0 radical (unpaired) electrons. The largest absolute Gasteiger partial charge is 0.308 e. The van der Waals surface area contributed by atoms with Crippen molar-refractivity contribution in [1.29, 1.82) is 0 Å². The van der Waals surface area contributed by atoms with Crippen LogP contribution in [0.4, 0.5) is 0 Å². The highest BCUT2D eigenvalue weighted by molar-refractivity contribution is 7.26. The van der Waals surface area contributed by atoms with E-state index in [-0.39, 0.29) is 0 Å². The van der Waals surface area contributed by atoms with Crippen molar-refractivity contribution >= 4 is 64.2 Å². The molecule has 0 saturated heterocycles. The van der Waals surface area contributed by atoms with Crippen LogP contribution in [-0.4, -0.2) is 24.5 Å². The number of hydrogen-bond donors (Lipinski definition) is 0. The van der Waals surface area contributed by atoms with Crippen LogP contribution >= 0.6 is 11.3 Å². The van der Waals surface area contributed by atoms with Gasteiger partial charge in [-0.2, -0.15) is 0 Å². The third-order valence-corrected chi connectivity index (χ3v) is 10.2. The lowest BCUT2D eigenvalue weighted by molar-refractivity contribution is 1.07. The molecule has 48 heavy (non-hydrogen) atoms. The Morgan fingerprint density at radius 3 is 1.77 bits per heavy atom. The Morgan fingerprint density at radius 1 is 0.479 bits per heavy atom. The molecule has 4 heterocycles. The zero-order valence-electron chi connectivity index (χ0n) is 25.6. The minimum absolute atomic E-state index is 0.631. The second kappa shape index (κ2) is 10.7. The van der Waals surface area contributed by atoms with E-state index in [1.807, 2.05) is 84.3 Å². The normalized spacial score (nSPS) is 11.8. The zero-order valence-corrected chi connectivity index (χ0v) is 26.4. The Labute approximate surface area is 279 Å². The highest BCUT2D eigenvalue weighted by Gasteiger charge is 2.22. The number of hydrogen-bond acceptors (Lipinski definition) is 5. The lowest BCUT2D eigenvalue weighted by atomic mass is 10.00. The second-order valence-electron chi connectivity index (χ2n) is 11.9. The molecule has 0 fully saturated rings. The predicted molar refractivity (Wildman–Crippen MR) is 199 cm³/mol. The van der Waals surface area contributed by atoms with E-state index in [2.05, 4.69) is 83.4 Å². The van der Waals surface area contributed by atoms with E-state index in [1.165, 1.54) is 41.8 Å². The molecular formula is C42H25N5S. The number of para-hydroxylation sites is 1. The monoisotopic (exact) mass is 631 g/mol. The van der Waals surface area contributed by atoms with E-state index in [0.717, 1.165) is 33.4 Å². The van der Waals surface area contributed by atoms with Gasteiger partial charge in [0.05, 0.1) is 25.9 Å². The van der Waals surface area contributed by atoms with Crippen LogP contribution in [0.2, 0.25) is 0 Å². The molecule has 0 spiro atoms. The first-order valence-corrected chi connectivity index (χ1v) is 16.7. The lowest BCUT2D eigenvalue weighted by Gasteiger charge is -2.12. The first kappa shape index (κ1) is 26.9. The van der Waals surface area contributed by atoms with E-state index in [4.69, 9.17) is 19.9 Å². The van der Waals surface area contributed by atoms with Gasteiger partial charge in [0.25, 0.3) is 0 Å². The molecule has 0 aliphatic rings. The average Bonchev–Trinajstić information content (AvgIpc) is 3.73. The summed E-state index contributed by atoms with van der Waals surface area (Å²) in [7, 11) is 0. The van der Waals surface area contributed by atoms with Gasteiger partial charge in [-0.25, -0.2) is 15.0 Å². The highest BCUT2D eigenvalue weighted by atomic mass is 32.1. The molecule has 0 amide bonds. The van der Waals surface area contributed by atoms with Crippen LogP contribution < -0.4 is 0 Å². The molecule has 0 aliphatic carbocycles. The summed E-state index contributed by atoms with van der Waals surface area (Å²) in [6.45, 7) is 0. The number of benzene rings is 6. The van der Waals surface area contributed by atoms with Crippen molar-refractivity contribution in [2.45, 2.75) is 0 Å². The molecule has 10 rings (SSSR count). The van der Waals surface area contributed by atoms with Crippen molar-refractivity contribution in [2.24, 2.45) is 0 Å². The quantitative estimate of drug-likeness (QED) is 0.194. The molecule has 0 N–H and O–H groups in total. The van der Waals surface area contributed by atoms with Gasteiger partial charge in [-0.3, -0.25) is 4.98 Å². The smallest absolute Gasteiger partial charge is 0.164 e. The maximum atomic E-state index is 5.03. The predicted octanol–water partition coefficient (Wildman–Crippen LogP) is 10.9. The lowest BCUT2D eigenvalue weighted by Crippen LogP contribution is -2.01. The van der Waals surface area contributed by atoms with Crippen molar-refractivity contribution in [1.82, 2.24) is 24.5 Å². The highest BCUT2D eigenvalue weighted by Crippen LogP contribution is 2.47. The molecule has 0 bridgehead atoms. The van der Waals surface area contributed by atoms with E-state index in [1.54, 1.807) is 0 Å². The van der Waals surface area contributed by atoms with Gasteiger partial charge in [-0.15, -0.1) is 11.3 Å². The molecule has 0 atom stereocenters. The van der Waals surface area contributed by atoms with E-state index in [0.29, 0.717) is 17.5 Å². The summed E-state index contributed by atoms with van der Waals surface area (Å²) in [5.41, 5.74) is 7.25. The first-order chi connectivity index (χ1) is 23.8. The second-order valence-corrected chi connectivity index (χ2v) is 12.9. The maximum Gasteiger partial charge on any atom is 0.164 e. The van der Waals surface area contributed by atoms with E-state index < -0.39 is 0 Å². The summed E-state index contributed by atoms with van der Waals surface area (Å²) in [6, 6.07) is 50.5. The van der Waals surface area contributed by atoms with Gasteiger partial charge in [0.1, 0.15) is 0 Å². The number of fused-ring (bicyclic) bond motifs is 10. The Balaban J connectivity index is 1.28. The first-order valence-electron chi connectivity index (χ1n) is 15.9. The molecule has 224 valence electrons. The minimum Gasteiger partial charge on any atom is -0.308 e. The van der Waals surface area contributed by atoms with Gasteiger partial charge < -0.3 is 4.57 Å². The van der Waals surface area contributed by atoms with Gasteiger partial charge in [0, 0.05) is 44.7 Å². The summed E-state index contributed by atoms with van der Waals surface area (Å²) < 4.78 is 4.83. The number of rotatable bonds is 4. The molecule has 0 aliphatic heterocycles. The van der Waals surface area contributed by atoms with Crippen molar-refractivity contribution in [3.8, 4) is 39.9 Å². The van der Waals surface area contributed by atoms with Crippen LogP contribution in [0.15, 0.2) is 152 Å². The number of thiophene rings is 1. The van der Waals surface area contributed by atoms with E-state index >= 15 is 0 Å². The average molecular weight is 632 g/mol. The Bertz CT molecular complexity index is 2780. The van der Waals surface area contributed by atoms with Crippen LogP contribution in [0, 0.1) is 0 Å². The fourth-order valence-electron chi connectivity index (χ4n) is 6.98. The molecule has 4 aromatic heterocycles. The molecule has 0 saturated carbocycles. The maximum absolute atomic E-state index is 5.03. The fourth-order valence-corrected chi connectivity index (χ4v) is 8.20. The molecule has 0 unspecified atom stereocenters. The van der Waals surface area contributed by atoms with Crippen molar-refractivity contribution in [3.05, 3.63) is 152 Å². The Kier molecular flexibility index (Phi) is 5.98. The molecular weight excluding hydrogens is 607 g/mol. The summed E-state index contributed by atoms with van der Waals surface area (Å²) in [4.78, 5) is 19.8. The Morgan fingerprint density at radius 2 is 1.06 bits per heavy atom. The zero-order chi connectivity index (χ0) is 31.6. The third-order valence-electron chi connectivity index (χ3n) is 9.06. The van der Waals surface area contributed by atoms with Gasteiger partial charge in [0.2, 0.25) is 0 Å². The summed E-state index contributed by atoms with van der Waals surface area (Å²) >= 11 is 1.81. The van der Waals surface area contributed by atoms with Gasteiger partial charge >= 0.3 is 0 Å². The fraction of sp³-hybridized carbons (Fsp3) is 0. The van der Waals surface area contributed by atoms with Crippen LogP contribution in [-0.2, 0) is 0 Å². The molecule has 10 aromatic rings. The van der Waals surface area contributed by atoms with Crippen LogP contribution in [0.3, 0.4) is 0 Å². The van der Waals surface area contributed by atoms with Crippen LogP contribution in [0.1, 0.15) is 0 Å². The Hall–Kier alpha value is -6.24. The molecule has 6 aromatic carbocycles. The molecule has 6 heteroatoms. The van der Waals surface area contributed by atoms with Crippen molar-refractivity contribution in [2.75, 3.05) is 0 Å². The van der Waals surface area contributed by atoms with Crippen molar-refractivity contribution in [3.63, 3.8) is 0 Å². The van der Waals surface area contributed by atoms with Crippen LogP contribution in [0.25, 0.3) is 92.7 Å². The van der Waals surface area contributed by atoms with Gasteiger partial charge in [-0.1, -0.05) is 115 Å². The minimum atomic E-state index is 0.631. The van der Waals surface area contributed by atoms with Crippen molar-refractivity contribution < 1.29 is 0 Å². The van der Waals surface area contributed by atoms with Gasteiger partial charge in [0.15, 0.2) is 17.5 Å². The summed E-state index contributed by atoms with van der Waals surface area (Å²) in [5, 5.41) is 6.14. The number of pyridine rings is 1. The van der Waals surface area contributed by atoms with Gasteiger partial charge in [-0.05, 0) is 41.1 Å². The molecule has 5 nitrogen and oxygen atoms in total. The SMILES string of the molecule is c1ccc(-c2nc(-c3ccccc3)nc(-c3cccc(-n4c5ccccc5c5c6ccccc6c6c7ncccc7sc6c54)c3)n2)cc1. The number of nitrogens with zero attached hydrogens (tertiary/aromatic N) is 5. The summed E-state index contributed by atoms with van der Waals surface area (Å²) in [5.74, 6) is 1.92.